The molecule has 0 aliphatic heterocycles. The molecule has 0 fully saturated rings. The zero-order chi connectivity index (χ0) is 53.3. The van der Waals surface area contributed by atoms with Crippen molar-refractivity contribution in [2.75, 3.05) is 65.1 Å². The highest BCUT2D eigenvalue weighted by atomic mass is 32.2. The van der Waals surface area contributed by atoms with Gasteiger partial charge in [0.2, 0.25) is 0 Å². The van der Waals surface area contributed by atoms with E-state index in [1.807, 2.05) is 0 Å². The predicted octanol–water partition coefficient (Wildman–Crippen LogP) is 21.2. The molecule has 3 unspecified atom stereocenters. The maximum Gasteiger partial charge on any atom is 0.405 e. The molecule has 448 valence electrons. The minimum Gasteiger partial charge on any atom is -0.461 e. The quantitative estimate of drug-likeness (QED) is 0.0240. The lowest BCUT2D eigenvalue weighted by molar-refractivity contribution is -0.844. The van der Waals surface area contributed by atoms with Gasteiger partial charge in [0.15, 0.2) is 0 Å². The molecule has 74 heavy (non-hydrogen) atoms. The van der Waals surface area contributed by atoms with Crippen LogP contribution >= 0.6 is 31.3 Å². The van der Waals surface area contributed by atoms with E-state index >= 15 is 0 Å². The lowest BCUT2D eigenvalue weighted by Crippen LogP contribution is -2.38. The average molecular weight is 1110 g/mol. The highest BCUT2D eigenvalue weighted by Gasteiger charge is 2.24. The number of nitrogens with zero attached hydrogens (tertiary/aromatic N) is 1. The van der Waals surface area contributed by atoms with Crippen LogP contribution in [0.3, 0.4) is 0 Å². The van der Waals surface area contributed by atoms with Crippen molar-refractivity contribution in [1.29, 1.82) is 0 Å². The van der Waals surface area contributed by atoms with Crippen molar-refractivity contribution in [1.82, 2.24) is 5.09 Å². The van der Waals surface area contributed by atoms with Crippen LogP contribution in [0.5, 0.6) is 0 Å². The Kier molecular flexibility index (Phi) is 63.6. The number of unbranched alkanes of at least 4 members (excludes halogenated alkanes) is 38. The van der Waals surface area contributed by atoms with E-state index in [0.717, 1.165) is 55.6 Å². The smallest absolute Gasteiger partial charge is 0.405 e. The van der Waals surface area contributed by atoms with E-state index in [2.05, 4.69) is 63.6 Å². The number of likely N-dealkylation sites (N-methyl/N-ethyl adjacent to an activating group) is 1. The summed E-state index contributed by atoms with van der Waals surface area (Å²) in [5.74, 6) is 2.68. The minimum absolute atomic E-state index is 0. The predicted molar refractivity (Wildman–Crippen MR) is 336 cm³/mol. The Balaban J connectivity index is 0. The van der Waals surface area contributed by atoms with Gasteiger partial charge in [-0.3, -0.25) is 9.05 Å². The fraction of sp³-hybridized carbons (Fsp3) is 0.984. The van der Waals surface area contributed by atoms with Crippen LogP contribution in [0.15, 0.2) is 0 Å². The molecule has 7 nitrogen and oxygen atoms in total. The van der Waals surface area contributed by atoms with Gasteiger partial charge in [-0.1, -0.05) is 265 Å². The molecule has 0 saturated carbocycles. The zero-order valence-corrected chi connectivity index (χ0v) is 52.3. The molecule has 0 radical (unpaired) electrons. The largest absolute Gasteiger partial charge is 0.461 e. The van der Waals surface area contributed by atoms with Gasteiger partial charge in [0.25, 0.3) is 0 Å². The normalized spacial score (nSPS) is 13.6. The van der Waals surface area contributed by atoms with E-state index in [-0.39, 0.29) is 7.43 Å². The standard InChI is InChI=1S/C63H131N2O5PS2.CH4/c1-6-8-10-12-21-31-41-51-63(73-61-49-39-29-19-15-17-25-35-45-57-67)53-43-33-23-27-37-47-59-70-71(68,64-54-55-65(3,4)5)69-58-46-36-26-20-22-32-42-52-62(50-40-30-13-11-9-7-2)72-60-48-38-28-18-14-16-24-34-44-56-66;/h62-63,66-67H,3,6-61H2,1-2,4-5H3,(H,64,68);1H4. The lowest BCUT2D eigenvalue weighted by Gasteiger charge is -2.33. The van der Waals surface area contributed by atoms with Crippen LogP contribution in [-0.4, -0.2) is 90.3 Å². The summed E-state index contributed by atoms with van der Waals surface area (Å²) in [7, 11) is 4.95. The molecule has 0 heterocycles. The molecule has 0 aliphatic carbocycles. The Morgan fingerprint density at radius 2 is 0.676 bits per heavy atom. The summed E-state index contributed by atoms with van der Waals surface area (Å²) in [4.78, 5) is 0. The Morgan fingerprint density at radius 3 is 0.959 bits per heavy atom. The number of rotatable bonds is 64. The first-order valence-electron chi connectivity index (χ1n) is 32.5. The first-order valence-corrected chi connectivity index (χ1v) is 36.1. The van der Waals surface area contributed by atoms with Crippen LogP contribution in [0.25, 0.3) is 0 Å². The van der Waals surface area contributed by atoms with Crippen LogP contribution in [0.4, 0.5) is 0 Å². The van der Waals surface area contributed by atoms with Crippen molar-refractivity contribution >= 4 is 31.3 Å². The summed E-state index contributed by atoms with van der Waals surface area (Å²) in [5.41, 5.74) is 0. The molecule has 3 atom stereocenters. The summed E-state index contributed by atoms with van der Waals surface area (Å²) < 4.78 is 26.5. The highest BCUT2D eigenvalue weighted by Crippen LogP contribution is 2.44. The molecule has 0 aliphatic rings. The number of aliphatic hydroxyl groups excluding tert-OH is 2. The van der Waals surface area contributed by atoms with E-state index in [4.69, 9.17) is 19.3 Å². The first-order chi connectivity index (χ1) is 35.7. The van der Waals surface area contributed by atoms with Crippen molar-refractivity contribution < 1.29 is 28.3 Å². The van der Waals surface area contributed by atoms with Gasteiger partial charge in [-0.2, -0.15) is 23.5 Å². The van der Waals surface area contributed by atoms with Gasteiger partial charge in [-0.05, 0) is 75.7 Å². The van der Waals surface area contributed by atoms with Gasteiger partial charge in [0.05, 0.1) is 26.3 Å². The Morgan fingerprint density at radius 1 is 0.419 bits per heavy atom. The minimum atomic E-state index is -3.35. The number of thioether (sulfide) groups is 2. The molecule has 10 heteroatoms. The molecule has 0 aromatic carbocycles. The van der Waals surface area contributed by atoms with Crippen LogP contribution in [0, 0.1) is 7.05 Å². The molecule has 0 aromatic heterocycles. The van der Waals surface area contributed by atoms with Gasteiger partial charge in [-0.15, -0.1) is 7.05 Å². The van der Waals surface area contributed by atoms with Crippen LogP contribution in [0.1, 0.15) is 329 Å². The average Bonchev–Trinajstić information content (AvgIpc) is 3.37. The maximum absolute atomic E-state index is 13.8. The van der Waals surface area contributed by atoms with Crippen molar-refractivity contribution in [3.63, 3.8) is 0 Å². The molecule has 0 saturated heterocycles. The molecule has 0 rings (SSSR count). The van der Waals surface area contributed by atoms with Crippen molar-refractivity contribution in [2.24, 2.45) is 0 Å². The first kappa shape index (κ1) is 76.8. The third-order valence-corrected chi connectivity index (χ3v) is 19.5. The van der Waals surface area contributed by atoms with Crippen molar-refractivity contribution in [3.8, 4) is 0 Å². The third-order valence-electron chi connectivity index (χ3n) is 15.0. The Bertz CT molecular complexity index is 1100. The summed E-state index contributed by atoms with van der Waals surface area (Å²) in [5, 5.41) is 22.8. The van der Waals surface area contributed by atoms with E-state index in [1.54, 1.807) is 0 Å². The van der Waals surface area contributed by atoms with Crippen LogP contribution in [0.2, 0.25) is 0 Å². The molecule has 0 bridgehead atoms. The Labute approximate surface area is 474 Å². The number of nitrogens with one attached hydrogen (secondary N) is 1. The zero-order valence-electron chi connectivity index (χ0n) is 49.8. The van der Waals surface area contributed by atoms with Crippen molar-refractivity contribution in [2.45, 2.75) is 340 Å². The van der Waals surface area contributed by atoms with Gasteiger partial charge in [-0.25, -0.2) is 9.65 Å². The maximum atomic E-state index is 13.8. The molecule has 0 aromatic rings. The second-order valence-electron chi connectivity index (χ2n) is 23.2. The van der Waals surface area contributed by atoms with Crippen LogP contribution in [-0.2, 0) is 13.6 Å². The number of quaternary nitrogens is 1. The van der Waals surface area contributed by atoms with Gasteiger partial charge >= 0.3 is 7.75 Å². The fourth-order valence-corrected chi connectivity index (χ4v) is 14.1. The summed E-state index contributed by atoms with van der Waals surface area (Å²) in [6.07, 6.45) is 63.0. The molecule has 3 N–H and O–H groups in total. The van der Waals surface area contributed by atoms with Gasteiger partial charge in [0.1, 0.15) is 0 Å². The van der Waals surface area contributed by atoms with E-state index < -0.39 is 7.75 Å². The summed E-state index contributed by atoms with van der Waals surface area (Å²) >= 11 is 4.57. The monoisotopic (exact) mass is 1110 g/mol. The molecule has 0 spiro atoms. The fourth-order valence-electron chi connectivity index (χ4n) is 10.0. The summed E-state index contributed by atoms with van der Waals surface area (Å²) in [6.45, 7) is 7.62. The number of aliphatic hydroxyl groups is 2. The number of hydrogen-bond donors (Lipinski definition) is 3. The molecular formula is C64H135N2O5PS2. The second kappa shape index (κ2) is 61.3. The Hall–Kier alpha value is 0.690. The van der Waals surface area contributed by atoms with Crippen LogP contribution < -0.4 is 5.09 Å². The third kappa shape index (κ3) is 60.3. The highest BCUT2D eigenvalue weighted by molar-refractivity contribution is 8.00. The molecule has 0 amide bonds. The van der Waals surface area contributed by atoms with E-state index in [0.29, 0.717) is 37.5 Å². The summed E-state index contributed by atoms with van der Waals surface area (Å²) in [6, 6.07) is 0. The lowest BCUT2D eigenvalue weighted by atomic mass is 10.0. The topological polar surface area (TPSA) is 88.0 Å². The molecular weight excluding hydrogens is 972 g/mol. The van der Waals surface area contributed by atoms with E-state index in [1.165, 1.54) is 281 Å². The SMILES string of the molecule is C.[CH2-][N+](C)(C)CCNP(=O)(OCCCCCCCCCC(CCCCCCCC)SCCCCCCCCCCCO)OCCCCCCCCC(CCCCCCCCC)SCCCCCCCCCCCO. The number of hydrogen-bond acceptors (Lipinski definition) is 7. The van der Waals surface area contributed by atoms with E-state index in [9.17, 15) is 4.57 Å². The van der Waals surface area contributed by atoms with Crippen molar-refractivity contribution in [3.05, 3.63) is 7.05 Å². The van der Waals surface area contributed by atoms with Gasteiger partial charge < -0.3 is 14.7 Å². The van der Waals surface area contributed by atoms with Gasteiger partial charge in [0, 0.05) is 37.8 Å². The second-order valence-corrected chi connectivity index (χ2v) is 27.8.